The predicted molar refractivity (Wildman–Crippen MR) is 80.4 cm³/mol. The molecule has 0 N–H and O–H groups in total. The Kier molecular flexibility index (Phi) is 4.24. The zero-order valence-electron chi connectivity index (χ0n) is 13.3. The van der Waals surface area contributed by atoms with E-state index in [1.54, 1.807) is 0 Å². The van der Waals surface area contributed by atoms with Crippen LogP contribution in [0.2, 0.25) is 0 Å². The van der Waals surface area contributed by atoms with Crippen LogP contribution in [-0.4, -0.2) is 37.2 Å². The van der Waals surface area contributed by atoms with E-state index in [1.807, 2.05) is 7.05 Å². The molecule has 0 amide bonds. The molecule has 1 aliphatic heterocycles. The van der Waals surface area contributed by atoms with E-state index in [4.69, 9.17) is 4.99 Å². The Labute approximate surface area is 112 Å². The Balaban J connectivity index is 3.00. The lowest BCUT2D eigenvalue weighted by Gasteiger charge is -2.40. The summed E-state index contributed by atoms with van der Waals surface area (Å²) < 4.78 is 0. The van der Waals surface area contributed by atoms with Crippen molar-refractivity contribution in [2.45, 2.75) is 48.0 Å². The van der Waals surface area contributed by atoms with E-state index in [2.05, 4.69) is 58.5 Å². The van der Waals surface area contributed by atoms with E-state index in [1.165, 1.54) is 11.7 Å². The van der Waals surface area contributed by atoms with Gasteiger partial charge < -0.3 is 4.90 Å². The first-order valence-electron chi connectivity index (χ1n) is 6.80. The molecule has 1 aliphatic rings. The fraction of sp³-hybridized carbons (Fsp3) is 0.867. The minimum absolute atomic E-state index is 0.208. The first-order valence-corrected chi connectivity index (χ1v) is 6.80. The molecule has 0 aromatic rings. The van der Waals surface area contributed by atoms with Crippen LogP contribution >= 0.6 is 0 Å². The summed E-state index contributed by atoms with van der Waals surface area (Å²) in [6.45, 7) is 14.4. The van der Waals surface area contributed by atoms with Crippen molar-refractivity contribution >= 4 is 11.7 Å². The van der Waals surface area contributed by atoms with Gasteiger partial charge in [0.15, 0.2) is 0 Å². The minimum Gasteiger partial charge on any atom is -0.321 e. The van der Waals surface area contributed by atoms with Gasteiger partial charge >= 0.3 is 0 Å². The van der Waals surface area contributed by atoms with Crippen LogP contribution in [0.15, 0.2) is 9.98 Å². The van der Waals surface area contributed by atoms with Gasteiger partial charge in [-0.2, -0.15) is 0 Å². The van der Waals surface area contributed by atoms with Gasteiger partial charge in [0.1, 0.15) is 11.7 Å². The van der Waals surface area contributed by atoms with Crippen LogP contribution in [0.3, 0.4) is 0 Å². The smallest absolute Gasteiger partial charge is 0.109 e. The average Bonchev–Trinajstić information content (AvgIpc) is 2.17. The number of rotatable bonds is 1. The maximum atomic E-state index is 4.80. The highest BCUT2D eigenvalue weighted by molar-refractivity contribution is 6.03. The Hall–Kier alpha value is -0.860. The maximum Gasteiger partial charge on any atom is 0.109 e. The molecule has 0 aromatic heterocycles. The second kappa shape index (κ2) is 5.02. The summed E-state index contributed by atoms with van der Waals surface area (Å²) in [5, 5.41) is 0. The third-order valence-corrected chi connectivity index (χ3v) is 3.46. The second-order valence-electron chi connectivity index (χ2n) is 7.55. The zero-order chi connectivity index (χ0) is 14.1. The molecule has 104 valence electrons. The molecule has 18 heavy (non-hydrogen) atoms. The van der Waals surface area contributed by atoms with Crippen molar-refractivity contribution in [3.63, 3.8) is 0 Å². The average molecular weight is 251 g/mol. The molecule has 0 saturated carbocycles. The maximum absolute atomic E-state index is 4.80. The fourth-order valence-electron chi connectivity index (χ4n) is 2.37. The second-order valence-corrected chi connectivity index (χ2v) is 7.55. The fourth-order valence-corrected chi connectivity index (χ4v) is 2.37. The van der Waals surface area contributed by atoms with Crippen LogP contribution in [0.5, 0.6) is 0 Å². The molecule has 0 fully saturated rings. The van der Waals surface area contributed by atoms with Crippen LogP contribution < -0.4 is 0 Å². The highest BCUT2D eigenvalue weighted by Gasteiger charge is 2.35. The summed E-state index contributed by atoms with van der Waals surface area (Å²) in [6, 6.07) is 0. The summed E-state index contributed by atoms with van der Waals surface area (Å²) in [4.78, 5) is 11.5. The Bertz CT molecular complexity index is 353. The van der Waals surface area contributed by atoms with E-state index in [9.17, 15) is 0 Å². The Morgan fingerprint density at radius 2 is 1.78 bits per heavy atom. The van der Waals surface area contributed by atoms with Gasteiger partial charge in [-0.25, -0.2) is 0 Å². The van der Waals surface area contributed by atoms with Crippen molar-refractivity contribution in [2.24, 2.45) is 26.7 Å². The molecular formula is C15H29N3. The van der Waals surface area contributed by atoms with Crippen molar-refractivity contribution < 1.29 is 0 Å². The van der Waals surface area contributed by atoms with Crippen molar-refractivity contribution in [3.05, 3.63) is 0 Å². The van der Waals surface area contributed by atoms with Gasteiger partial charge in [-0.15, -0.1) is 0 Å². The summed E-state index contributed by atoms with van der Waals surface area (Å²) in [5.74, 6) is 2.76. The van der Waals surface area contributed by atoms with Crippen LogP contribution in [0.1, 0.15) is 48.0 Å². The molecule has 0 unspecified atom stereocenters. The largest absolute Gasteiger partial charge is 0.321 e. The standard InChI is InChI=1S/C15H29N3/c1-14(2,3)9-12-17-10-11(15(4,5)6)13(16-7)18(12)8/h11H,9-10H2,1-8H3/t11-/m0/s1. The lowest BCUT2D eigenvalue weighted by molar-refractivity contribution is 0.295. The summed E-state index contributed by atoms with van der Waals surface area (Å²) in [6.07, 6.45) is 0.999. The molecular weight excluding hydrogens is 222 g/mol. The van der Waals surface area contributed by atoms with Crippen molar-refractivity contribution in [3.8, 4) is 0 Å². The zero-order valence-corrected chi connectivity index (χ0v) is 13.3. The normalized spacial score (nSPS) is 24.4. The number of nitrogens with zero attached hydrogens (tertiary/aromatic N) is 3. The molecule has 0 aromatic carbocycles. The molecule has 0 bridgehead atoms. The van der Waals surface area contributed by atoms with E-state index >= 15 is 0 Å². The first kappa shape index (κ1) is 15.2. The molecule has 1 heterocycles. The quantitative estimate of drug-likeness (QED) is 0.701. The lowest BCUT2D eigenvalue weighted by Crippen LogP contribution is -2.48. The predicted octanol–water partition coefficient (Wildman–Crippen LogP) is 3.46. The highest BCUT2D eigenvalue weighted by atomic mass is 15.2. The van der Waals surface area contributed by atoms with E-state index in [-0.39, 0.29) is 10.8 Å². The van der Waals surface area contributed by atoms with E-state index < -0.39 is 0 Å². The highest BCUT2D eigenvalue weighted by Crippen LogP contribution is 2.32. The van der Waals surface area contributed by atoms with Gasteiger partial charge in [0.05, 0.1) is 6.54 Å². The third-order valence-electron chi connectivity index (χ3n) is 3.46. The van der Waals surface area contributed by atoms with Gasteiger partial charge in [-0.05, 0) is 10.8 Å². The molecule has 0 aliphatic carbocycles. The van der Waals surface area contributed by atoms with Crippen molar-refractivity contribution in [1.29, 1.82) is 0 Å². The number of aliphatic imine (C=N–C) groups is 2. The molecule has 0 spiro atoms. The van der Waals surface area contributed by atoms with Crippen molar-refractivity contribution in [2.75, 3.05) is 20.6 Å². The van der Waals surface area contributed by atoms with Crippen molar-refractivity contribution in [1.82, 2.24) is 4.90 Å². The molecule has 0 saturated heterocycles. The topological polar surface area (TPSA) is 28.0 Å². The van der Waals surface area contributed by atoms with Crippen LogP contribution in [0, 0.1) is 16.7 Å². The summed E-state index contributed by atoms with van der Waals surface area (Å²) in [7, 11) is 4.00. The Morgan fingerprint density at radius 3 is 2.17 bits per heavy atom. The first-order chi connectivity index (χ1) is 8.06. The SMILES string of the molecule is CN=C1[C@@H](C(C)(C)C)CN=C(CC(C)(C)C)N1C. The monoisotopic (exact) mass is 251 g/mol. The van der Waals surface area contributed by atoms with Crippen LogP contribution in [0.4, 0.5) is 0 Å². The molecule has 1 atom stereocenters. The molecule has 0 radical (unpaired) electrons. The van der Waals surface area contributed by atoms with Gasteiger partial charge in [0, 0.05) is 26.4 Å². The molecule has 1 rings (SSSR count). The van der Waals surface area contributed by atoms with Crippen LogP contribution in [-0.2, 0) is 0 Å². The number of hydrogen-bond acceptors (Lipinski definition) is 2. The van der Waals surface area contributed by atoms with Gasteiger partial charge in [-0.3, -0.25) is 9.98 Å². The minimum atomic E-state index is 0.208. The summed E-state index contributed by atoms with van der Waals surface area (Å²) in [5.41, 5.74) is 0.473. The third kappa shape index (κ3) is 3.56. The molecule has 3 nitrogen and oxygen atoms in total. The van der Waals surface area contributed by atoms with Gasteiger partial charge in [-0.1, -0.05) is 41.5 Å². The number of amidine groups is 2. The van der Waals surface area contributed by atoms with Crippen LogP contribution in [0.25, 0.3) is 0 Å². The van der Waals surface area contributed by atoms with E-state index in [0.717, 1.165) is 13.0 Å². The summed E-state index contributed by atoms with van der Waals surface area (Å²) >= 11 is 0. The van der Waals surface area contributed by atoms with Gasteiger partial charge in [0.2, 0.25) is 0 Å². The van der Waals surface area contributed by atoms with E-state index in [0.29, 0.717) is 5.92 Å². The Morgan fingerprint density at radius 1 is 1.22 bits per heavy atom. The van der Waals surface area contributed by atoms with Gasteiger partial charge in [0.25, 0.3) is 0 Å². The molecule has 3 heteroatoms. The number of hydrogen-bond donors (Lipinski definition) is 0. The lowest BCUT2D eigenvalue weighted by atomic mass is 9.78.